The third-order valence-electron chi connectivity index (χ3n) is 2.50. The number of rotatable bonds is 1. The van der Waals surface area contributed by atoms with Crippen LogP contribution in [0, 0.1) is 0 Å². The van der Waals surface area contributed by atoms with E-state index in [4.69, 9.17) is 0 Å². The van der Waals surface area contributed by atoms with Crippen LogP contribution >= 0.6 is 11.8 Å². The molecule has 1 heterocycles. The number of thioether (sulfide) groups is 1. The van der Waals surface area contributed by atoms with Gasteiger partial charge in [-0.1, -0.05) is 18.2 Å². The standard InChI is InChI=1S/C11H12F3NS/c1-7-6-16-10(15-7)8-4-2-3-5-9(8)11(12,13)14/h2-5,7,10,15H,6H2,1H3. The van der Waals surface area contributed by atoms with Crippen molar-refractivity contribution in [3.8, 4) is 0 Å². The molecular formula is C11H12F3NS. The molecule has 16 heavy (non-hydrogen) atoms. The van der Waals surface area contributed by atoms with Gasteiger partial charge in [0, 0.05) is 11.8 Å². The van der Waals surface area contributed by atoms with Crippen LogP contribution in [0.5, 0.6) is 0 Å². The largest absolute Gasteiger partial charge is 0.416 e. The number of hydrogen-bond acceptors (Lipinski definition) is 2. The molecule has 0 aromatic heterocycles. The minimum Gasteiger partial charge on any atom is -0.298 e. The Kier molecular flexibility index (Phi) is 3.17. The maximum Gasteiger partial charge on any atom is 0.416 e. The van der Waals surface area contributed by atoms with E-state index in [1.807, 2.05) is 6.92 Å². The molecule has 2 unspecified atom stereocenters. The quantitative estimate of drug-likeness (QED) is 0.816. The fourth-order valence-corrected chi connectivity index (χ4v) is 3.05. The van der Waals surface area contributed by atoms with Crippen LogP contribution in [0.3, 0.4) is 0 Å². The molecule has 5 heteroatoms. The smallest absolute Gasteiger partial charge is 0.298 e. The van der Waals surface area contributed by atoms with Crippen molar-refractivity contribution >= 4 is 11.8 Å². The van der Waals surface area contributed by atoms with E-state index in [-0.39, 0.29) is 11.4 Å². The fourth-order valence-electron chi connectivity index (χ4n) is 1.76. The summed E-state index contributed by atoms with van der Waals surface area (Å²) in [7, 11) is 0. The molecule has 1 nitrogen and oxygen atoms in total. The van der Waals surface area contributed by atoms with Crippen LogP contribution in [0.15, 0.2) is 24.3 Å². The first-order valence-corrected chi connectivity index (χ1v) is 6.07. The Morgan fingerprint density at radius 1 is 1.31 bits per heavy atom. The van der Waals surface area contributed by atoms with E-state index in [2.05, 4.69) is 5.32 Å². The van der Waals surface area contributed by atoms with Crippen LogP contribution in [0.25, 0.3) is 0 Å². The van der Waals surface area contributed by atoms with Gasteiger partial charge in [-0.05, 0) is 18.6 Å². The maximum absolute atomic E-state index is 12.8. The lowest BCUT2D eigenvalue weighted by atomic mass is 10.1. The number of alkyl halides is 3. The van der Waals surface area contributed by atoms with E-state index in [1.165, 1.54) is 17.8 Å². The Bertz CT molecular complexity index is 378. The molecule has 0 bridgehead atoms. The highest BCUT2D eigenvalue weighted by Gasteiger charge is 2.36. The highest BCUT2D eigenvalue weighted by Crippen LogP contribution is 2.40. The normalized spacial score (nSPS) is 26.0. The first-order valence-electron chi connectivity index (χ1n) is 5.02. The summed E-state index contributed by atoms with van der Waals surface area (Å²) >= 11 is 1.52. The van der Waals surface area contributed by atoms with Crippen molar-refractivity contribution < 1.29 is 13.2 Å². The van der Waals surface area contributed by atoms with E-state index in [0.29, 0.717) is 5.56 Å². The second kappa shape index (κ2) is 4.30. The summed E-state index contributed by atoms with van der Waals surface area (Å²) in [6, 6.07) is 6.02. The molecule has 0 spiro atoms. The highest BCUT2D eigenvalue weighted by atomic mass is 32.2. The van der Waals surface area contributed by atoms with Gasteiger partial charge in [-0.15, -0.1) is 11.8 Å². The van der Waals surface area contributed by atoms with Gasteiger partial charge in [0.2, 0.25) is 0 Å². The van der Waals surface area contributed by atoms with Gasteiger partial charge < -0.3 is 0 Å². The molecule has 2 atom stereocenters. The SMILES string of the molecule is CC1CSC(c2ccccc2C(F)(F)F)N1. The minimum atomic E-state index is -4.27. The second-order valence-corrected chi connectivity index (χ2v) is 5.00. The van der Waals surface area contributed by atoms with Crippen molar-refractivity contribution in [3.63, 3.8) is 0 Å². The minimum absolute atomic E-state index is 0.243. The zero-order chi connectivity index (χ0) is 11.8. The first-order chi connectivity index (χ1) is 7.48. The zero-order valence-corrected chi connectivity index (χ0v) is 9.53. The summed E-state index contributed by atoms with van der Waals surface area (Å²) in [4.78, 5) is 0. The average molecular weight is 247 g/mol. The van der Waals surface area contributed by atoms with Crippen LogP contribution in [0.2, 0.25) is 0 Å². The summed E-state index contributed by atoms with van der Waals surface area (Å²) in [5.41, 5.74) is -0.196. The van der Waals surface area contributed by atoms with E-state index in [0.717, 1.165) is 11.8 Å². The van der Waals surface area contributed by atoms with E-state index in [1.54, 1.807) is 12.1 Å². The molecule has 1 N–H and O–H groups in total. The van der Waals surface area contributed by atoms with Gasteiger partial charge >= 0.3 is 6.18 Å². The average Bonchev–Trinajstić information content (AvgIpc) is 2.64. The van der Waals surface area contributed by atoms with Crippen LogP contribution in [-0.2, 0) is 6.18 Å². The van der Waals surface area contributed by atoms with Crippen LogP contribution < -0.4 is 5.32 Å². The summed E-state index contributed by atoms with van der Waals surface area (Å²) in [5, 5.41) is 2.90. The summed E-state index contributed by atoms with van der Waals surface area (Å²) in [6.07, 6.45) is -4.27. The Morgan fingerprint density at radius 2 is 2.00 bits per heavy atom. The number of benzene rings is 1. The van der Waals surface area contributed by atoms with Crippen molar-refractivity contribution in [2.45, 2.75) is 24.5 Å². The third-order valence-corrected chi connectivity index (χ3v) is 3.91. The Balaban J connectivity index is 2.34. The van der Waals surface area contributed by atoms with Crippen molar-refractivity contribution in [1.29, 1.82) is 0 Å². The van der Waals surface area contributed by atoms with Gasteiger partial charge in [-0.25, -0.2) is 0 Å². The van der Waals surface area contributed by atoms with Gasteiger partial charge in [0.15, 0.2) is 0 Å². The van der Waals surface area contributed by atoms with Crippen LogP contribution in [0.4, 0.5) is 13.2 Å². The molecule has 0 aliphatic carbocycles. The zero-order valence-electron chi connectivity index (χ0n) is 8.71. The molecule has 0 radical (unpaired) electrons. The fraction of sp³-hybridized carbons (Fsp3) is 0.455. The molecule has 0 amide bonds. The molecule has 1 fully saturated rings. The summed E-state index contributed by atoms with van der Waals surface area (Å²) in [6.45, 7) is 1.98. The Labute approximate surface area is 96.4 Å². The predicted molar refractivity (Wildman–Crippen MR) is 59.2 cm³/mol. The van der Waals surface area contributed by atoms with Gasteiger partial charge in [0.25, 0.3) is 0 Å². The molecular weight excluding hydrogens is 235 g/mol. The maximum atomic E-state index is 12.8. The monoisotopic (exact) mass is 247 g/mol. The lowest BCUT2D eigenvalue weighted by molar-refractivity contribution is -0.138. The summed E-state index contributed by atoms with van der Waals surface area (Å²) in [5.74, 6) is 0.844. The van der Waals surface area contributed by atoms with Gasteiger partial charge in [0.05, 0.1) is 10.9 Å². The molecule has 1 aliphatic rings. The van der Waals surface area contributed by atoms with Crippen LogP contribution in [0.1, 0.15) is 23.4 Å². The van der Waals surface area contributed by atoms with Crippen molar-refractivity contribution in [2.75, 3.05) is 5.75 Å². The summed E-state index contributed by atoms with van der Waals surface area (Å²) < 4.78 is 38.3. The van der Waals surface area contributed by atoms with E-state index < -0.39 is 11.7 Å². The van der Waals surface area contributed by atoms with Crippen molar-refractivity contribution in [3.05, 3.63) is 35.4 Å². The van der Waals surface area contributed by atoms with Crippen molar-refractivity contribution in [2.24, 2.45) is 0 Å². The van der Waals surface area contributed by atoms with Crippen LogP contribution in [-0.4, -0.2) is 11.8 Å². The number of nitrogens with one attached hydrogen (secondary N) is 1. The van der Waals surface area contributed by atoms with Crippen molar-refractivity contribution in [1.82, 2.24) is 5.32 Å². The second-order valence-electron chi connectivity index (χ2n) is 3.87. The molecule has 88 valence electrons. The Morgan fingerprint density at radius 3 is 2.56 bits per heavy atom. The highest BCUT2D eigenvalue weighted by molar-refractivity contribution is 7.99. The van der Waals surface area contributed by atoms with Gasteiger partial charge in [-0.3, -0.25) is 5.32 Å². The molecule has 1 aromatic carbocycles. The van der Waals surface area contributed by atoms with Gasteiger partial charge in [-0.2, -0.15) is 13.2 Å². The topological polar surface area (TPSA) is 12.0 Å². The third kappa shape index (κ3) is 2.35. The lowest BCUT2D eigenvalue weighted by Crippen LogP contribution is -2.23. The lowest BCUT2D eigenvalue weighted by Gasteiger charge is -2.17. The van der Waals surface area contributed by atoms with E-state index in [9.17, 15) is 13.2 Å². The number of halogens is 3. The molecule has 1 aromatic rings. The molecule has 0 saturated carbocycles. The van der Waals surface area contributed by atoms with E-state index >= 15 is 0 Å². The van der Waals surface area contributed by atoms with Gasteiger partial charge in [0.1, 0.15) is 0 Å². The molecule has 2 rings (SSSR count). The number of hydrogen-bond donors (Lipinski definition) is 1. The Hall–Kier alpha value is -0.680. The first kappa shape index (κ1) is 11.8. The predicted octanol–water partition coefficient (Wildman–Crippen LogP) is 3.43. The molecule has 1 aliphatic heterocycles. The molecule has 1 saturated heterocycles.